The van der Waals surface area contributed by atoms with Crippen LogP contribution in [-0.2, 0) is 0 Å². The van der Waals surface area contributed by atoms with Crippen molar-refractivity contribution in [2.45, 2.75) is 6.17 Å². The lowest BCUT2D eigenvalue weighted by atomic mass is 10.0. The summed E-state index contributed by atoms with van der Waals surface area (Å²) in [5, 5.41) is 4.86. The first-order valence-corrected chi connectivity index (χ1v) is 17.4. The molecule has 9 aromatic rings. The molecule has 1 aliphatic heterocycles. The summed E-state index contributed by atoms with van der Waals surface area (Å²) in [4.78, 5) is 12.7. The number of para-hydroxylation sites is 3. The van der Waals surface area contributed by atoms with Crippen LogP contribution < -0.4 is 0 Å². The molecule has 1 atom stereocenters. The van der Waals surface area contributed by atoms with Crippen LogP contribution in [0.3, 0.4) is 0 Å². The van der Waals surface area contributed by atoms with E-state index in [2.05, 4.69) is 173 Å². The van der Waals surface area contributed by atoms with Gasteiger partial charge in [-0.15, -0.1) is 0 Å². The lowest BCUT2D eigenvalue weighted by Crippen LogP contribution is -2.39. The Morgan fingerprint density at radius 3 is 1.55 bits per heavy atom. The van der Waals surface area contributed by atoms with Crippen molar-refractivity contribution >= 4 is 55.4 Å². The summed E-state index contributed by atoms with van der Waals surface area (Å²) < 4.78 is 4.67. The minimum atomic E-state index is -0.228. The fourth-order valence-electron chi connectivity index (χ4n) is 7.75. The van der Waals surface area contributed by atoms with Gasteiger partial charge >= 0.3 is 0 Å². The van der Waals surface area contributed by atoms with Crippen molar-refractivity contribution in [2.24, 2.45) is 9.98 Å². The second-order valence-electron chi connectivity index (χ2n) is 13.1. The standard InChI is InChI=1S/C46H33N5/c1-49-45(32-17-7-3-8-18-32)47-44(31-15-5-2-6-16-31)48-46(49)51-41-24-14-12-22-37(41)39-30-34(26-28-43(39)51)33-25-27-42-38(29-33)36-21-11-13-23-40(36)50(42)35-19-9-4-10-20-35/h2-30,45H,1H3. The number of aliphatic imine (C=N–C) groups is 2. The quantitative estimate of drug-likeness (QED) is 0.186. The molecule has 7 aromatic carbocycles. The van der Waals surface area contributed by atoms with Crippen LogP contribution in [0.15, 0.2) is 186 Å². The summed E-state index contributed by atoms with van der Waals surface area (Å²) in [6.07, 6.45) is -0.228. The van der Waals surface area contributed by atoms with Crippen molar-refractivity contribution in [3.63, 3.8) is 0 Å². The molecule has 2 aromatic heterocycles. The average molecular weight is 656 g/mol. The zero-order chi connectivity index (χ0) is 33.9. The van der Waals surface area contributed by atoms with Crippen LogP contribution in [0.2, 0.25) is 0 Å². The lowest BCUT2D eigenvalue weighted by molar-refractivity contribution is 0.372. The van der Waals surface area contributed by atoms with E-state index in [4.69, 9.17) is 9.98 Å². The van der Waals surface area contributed by atoms with E-state index in [1.165, 1.54) is 43.7 Å². The number of nitrogens with zero attached hydrogens (tertiary/aromatic N) is 5. The normalized spacial score (nSPS) is 14.8. The molecule has 0 N–H and O–H groups in total. The van der Waals surface area contributed by atoms with Crippen LogP contribution in [-0.4, -0.2) is 32.9 Å². The van der Waals surface area contributed by atoms with Crippen LogP contribution in [0.25, 0.3) is 60.4 Å². The molecule has 51 heavy (non-hydrogen) atoms. The highest BCUT2D eigenvalue weighted by molar-refractivity contribution is 6.18. The van der Waals surface area contributed by atoms with Gasteiger partial charge in [-0.25, -0.2) is 4.99 Å². The minimum absolute atomic E-state index is 0.228. The number of hydrogen-bond donors (Lipinski definition) is 0. The van der Waals surface area contributed by atoms with E-state index in [0.717, 1.165) is 39.6 Å². The van der Waals surface area contributed by atoms with Crippen LogP contribution in [0, 0.1) is 0 Å². The molecule has 5 nitrogen and oxygen atoms in total. The third kappa shape index (κ3) is 4.70. The Bertz CT molecular complexity index is 2810. The number of amidine groups is 1. The Balaban J connectivity index is 1.15. The Morgan fingerprint density at radius 1 is 0.431 bits per heavy atom. The molecular formula is C46H33N5. The van der Waals surface area contributed by atoms with Crippen LogP contribution in [0.5, 0.6) is 0 Å². The average Bonchev–Trinajstić information content (AvgIpc) is 3.71. The van der Waals surface area contributed by atoms with Crippen molar-refractivity contribution in [3.05, 3.63) is 187 Å². The van der Waals surface area contributed by atoms with Gasteiger partial charge in [0, 0.05) is 39.8 Å². The monoisotopic (exact) mass is 655 g/mol. The van der Waals surface area contributed by atoms with E-state index in [1.807, 2.05) is 24.3 Å². The van der Waals surface area contributed by atoms with Gasteiger partial charge in [-0.1, -0.05) is 127 Å². The number of aromatic nitrogens is 2. The van der Waals surface area contributed by atoms with Crippen LogP contribution >= 0.6 is 0 Å². The Morgan fingerprint density at radius 2 is 0.922 bits per heavy atom. The Labute approximate surface area is 295 Å². The molecule has 5 heteroatoms. The highest BCUT2D eigenvalue weighted by Gasteiger charge is 2.29. The lowest BCUT2D eigenvalue weighted by Gasteiger charge is -2.33. The predicted octanol–water partition coefficient (Wildman–Crippen LogP) is 10.9. The molecule has 242 valence electrons. The topological polar surface area (TPSA) is 37.8 Å². The van der Waals surface area contributed by atoms with E-state index < -0.39 is 0 Å². The molecule has 0 spiro atoms. The maximum atomic E-state index is 5.28. The third-order valence-corrected chi connectivity index (χ3v) is 10.2. The molecule has 0 aliphatic carbocycles. The van der Waals surface area contributed by atoms with Crippen molar-refractivity contribution in [1.82, 2.24) is 14.0 Å². The first-order valence-electron chi connectivity index (χ1n) is 17.4. The van der Waals surface area contributed by atoms with E-state index in [9.17, 15) is 0 Å². The third-order valence-electron chi connectivity index (χ3n) is 10.2. The molecule has 1 unspecified atom stereocenters. The van der Waals surface area contributed by atoms with Gasteiger partial charge in [0.05, 0.1) is 22.1 Å². The van der Waals surface area contributed by atoms with Gasteiger partial charge in [-0.2, -0.15) is 4.99 Å². The van der Waals surface area contributed by atoms with Crippen molar-refractivity contribution < 1.29 is 0 Å². The van der Waals surface area contributed by atoms with Crippen molar-refractivity contribution in [1.29, 1.82) is 0 Å². The summed E-state index contributed by atoms with van der Waals surface area (Å²) in [5.74, 6) is 1.56. The number of rotatable bonds is 4. The fourth-order valence-corrected chi connectivity index (χ4v) is 7.75. The van der Waals surface area contributed by atoms with Gasteiger partial charge < -0.3 is 9.47 Å². The molecule has 0 amide bonds. The molecule has 0 fully saturated rings. The molecule has 3 heterocycles. The molecule has 0 saturated carbocycles. The van der Waals surface area contributed by atoms with Gasteiger partial charge in [0.2, 0.25) is 5.96 Å². The van der Waals surface area contributed by atoms with Crippen LogP contribution in [0.4, 0.5) is 0 Å². The molecule has 0 bridgehead atoms. The molecule has 0 saturated heterocycles. The van der Waals surface area contributed by atoms with Gasteiger partial charge in [-0.3, -0.25) is 4.57 Å². The summed E-state index contributed by atoms with van der Waals surface area (Å²) in [6, 6.07) is 62.5. The number of fused-ring (bicyclic) bond motifs is 6. The van der Waals surface area contributed by atoms with Gasteiger partial charge in [-0.05, 0) is 65.2 Å². The van der Waals surface area contributed by atoms with Gasteiger partial charge in [0.15, 0.2) is 12.0 Å². The smallest absolute Gasteiger partial charge is 0.214 e. The predicted molar refractivity (Wildman–Crippen MR) is 212 cm³/mol. The first-order chi connectivity index (χ1) is 25.2. The zero-order valence-electron chi connectivity index (χ0n) is 28.1. The Kier molecular flexibility index (Phi) is 6.71. The van der Waals surface area contributed by atoms with Gasteiger partial charge in [0.25, 0.3) is 0 Å². The van der Waals surface area contributed by atoms with E-state index in [-0.39, 0.29) is 6.17 Å². The number of benzene rings is 7. The first kappa shape index (κ1) is 29.2. The van der Waals surface area contributed by atoms with Crippen molar-refractivity contribution in [3.8, 4) is 16.8 Å². The highest BCUT2D eigenvalue weighted by atomic mass is 15.4. The van der Waals surface area contributed by atoms with E-state index >= 15 is 0 Å². The summed E-state index contributed by atoms with van der Waals surface area (Å²) in [6.45, 7) is 0. The fraction of sp³-hybridized carbons (Fsp3) is 0.0435. The molecular weight excluding hydrogens is 623 g/mol. The molecule has 0 radical (unpaired) electrons. The summed E-state index contributed by atoms with van der Waals surface area (Å²) >= 11 is 0. The minimum Gasteiger partial charge on any atom is -0.319 e. The van der Waals surface area contributed by atoms with E-state index in [0.29, 0.717) is 0 Å². The maximum absolute atomic E-state index is 5.28. The van der Waals surface area contributed by atoms with Crippen molar-refractivity contribution in [2.75, 3.05) is 7.05 Å². The Hall–Kier alpha value is -6.72. The highest BCUT2D eigenvalue weighted by Crippen LogP contribution is 2.38. The largest absolute Gasteiger partial charge is 0.319 e. The number of hydrogen-bond acceptors (Lipinski definition) is 3. The van der Waals surface area contributed by atoms with Gasteiger partial charge in [0.1, 0.15) is 0 Å². The molecule has 10 rings (SSSR count). The summed E-state index contributed by atoms with van der Waals surface area (Å²) in [7, 11) is 2.10. The van der Waals surface area contributed by atoms with E-state index in [1.54, 1.807) is 0 Å². The summed E-state index contributed by atoms with van der Waals surface area (Å²) in [5.41, 5.74) is 10.3. The second-order valence-corrected chi connectivity index (χ2v) is 13.1. The molecule has 1 aliphatic rings. The maximum Gasteiger partial charge on any atom is 0.214 e. The zero-order valence-corrected chi connectivity index (χ0v) is 28.1. The SMILES string of the molecule is CN1C(n2c3ccccc3c3cc(-c4ccc5c(c4)c4ccccc4n5-c4ccccc4)ccc32)=NC(c2ccccc2)=NC1c1ccccc1. The second kappa shape index (κ2) is 11.7. The van der Waals surface area contributed by atoms with Crippen LogP contribution in [0.1, 0.15) is 17.3 Å².